The van der Waals surface area contributed by atoms with E-state index in [1.165, 1.54) is 12.3 Å². The summed E-state index contributed by atoms with van der Waals surface area (Å²) in [6.07, 6.45) is 1.49. The molecule has 0 aliphatic rings. The van der Waals surface area contributed by atoms with Crippen LogP contribution in [0.3, 0.4) is 0 Å². The van der Waals surface area contributed by atoms with Gasteiger partial charge in [0.25, 0.3) is 5.56 Å². The van der Waals surface area contributed by atoms with Crippen molar-refractivity contribution < 1.29 is 12.8 Å². The van der Waals surface area contributed by atoms with Crippen molar-refractivity contribution in [3.8, 4) is 11.3 Å². The average molecular weight is 359 g/mol. The van der Waals surface area contributed by atoms with Crippen LogP contribution in [-0.2, 0) is 16.6 Å². The lowest BCUT2D eigenvalue weighted by Crippen LogP contribution is -2.24. The Kier molecular flexibility index (Phi) is 4.56. The fourth-order valence-corrected chi connectivity index (χ4v) is 3.75. The predicted molar refractivity (Wildman–Crippen MR) is 92.5 cm³/mol. The first kappa shape index (κ1) is 17.1. The Morgan fingerprint density at radius 3 is 2.64 bits per heavy atom. The van der Waals surface area contributed by atoms with Crippen LogP contribution in [0, 0.1) is 13.8 Å². The van der Waals surface area contributed by atoms with E-state index in [2.05, 4.69) is 14.9 Å². The summed E-state index contributed by atoms with van der Waals surface area (Å²) < 4.78 is 33.1. The van der Waals surface area contributed by atoms with Gasteiger partial charge < -0.3 is 4.42 Å². The fraction of sp³-hybridized carbons (Fsp3) is 0.176. The molecule has 0 amide bonds. The molecule has 0 bridgehead atoms. The average Bonchev–Trinajstić information content (AvgIpc) is 3.09. The molecular weight excluding hydrogens is 342 g/mol. The third kappa shape index (κ3) is 3.70. The van der Waals surface area contributed by atoms with Crippen LogP contribution in [0.4, 0.5) is 0 Å². The van der Waals surface area contributed by atoms with Crippen LogP contribution in [0.1, 0.15) is 16.9 Å². The number of aryl methyl sites for hydroxylation is 1. The van der Waals surface area contributed by atoms with Crippen molar-refractivity contribution in [2.45, 2.75) is 25.3 Å². The maximum absolute atomic E-state index is 12.7. The van der Waals surface area contributed by atoms with Crippen molar-refractivity contribution in [2.75, 3.05) is 0 Å². The minimum atomic E-state index is -3.74. The van der Waals surface area contributed by atoms with Crippen molar-refractivity contribution >= 4 is 10.0 Å². The maximum Gasteiger partial charge on any atom is 0.264 e. The molecule has 0 aliphatic carbocycles. The van der Waals surface area contributed by atoms with Gasteiger partial charge in [0.2, 0.25) is 10.0 Å². The second-order valence-corrected chi connectivity index (χ2v) is 7.36. The van der Waals surface area contributed by atoms with Crippen LogP contribution in [0.15, 0.2) is 56.8 Å². The largest absolute Gasteiger partial charge is 0.468 e. The Hall–Kier alpha value is -2.71. The minimum Gasteiger partial charge on any atom is -0.468 e. The molecule has 3 rings (SSSR count). The lowest BCUT2D eigenvalue weighted by Gasteiger charge is -2.13. The van der Waals surface area contributed by atoms with E-state index in [1.807, 2.05) is 13.0 Å². The summed E-state index contributed by atoms with van der Waals surface area (Å²) in [5, 5.41) is 6.31. The highest BCUT2D eigenvalue weighted by Gasteiger charge is 2.20. The molecular formula is C17H17N3O4S. The Balaban J connectivity index is 1.99. The standard InChI is InChI=1S/C17H17N3O4S/c1-11-8-13(15-5-6-17(21)20-19-15)9-16(12(11)2)25(22,23)18-10-14-4-3-7-24-14/h3-9,18H,10H2,1-2H3,(H,20,21). The molecule has 0 fully saturated rings. The summed E-state index contributed by atoms with van der Waals surface area (Å²) in [7, 11) is -3.74. The Labute approximate surface area is 144 Å². The number of nitrogens with zero attached hydrogens (tertiary/aromatic N) is 1. The summed E-state index contributed by atoms with van der Waals surface area (Å²) in [4.78, 5) is 11.3. The van der Waals surface area contributed by atoms with E-state index in [1.54, 1.807) is 31.2 Å². The van der Waals surface area contributed by atoms with Gasteiger partial charge in [-0.3, -0.25) is 4.79 Å². The van der Waals surface area contributed by atoms with Gasteiger partial charge in [-0.1, -0.05) is 0 Å². The van der Waals surface area contributed by atoms with Gasteiger partial charge in [-0.05, 0) is 55.3 Å². The highest BCUT2D eigenvalue weighted by Crippen LogP contribution is 2.26. The summed E-state index contributed by atoms with van der Waals surface area (Å²) in [6, 6.07) is 9.67. The van der Waals surface area contributed by atoms with Gasteiger partial charge in [0, 0.05) is 11.6 Å². The van der Waals surface area contributed by atoms with Gasteiger partial charge in [0.15, 0.2) is 0 Å². The van der Waals surface area contributed by atoms with E-state index < -0.39 is 10.0 Å². The summed E-state index contributed by atoms with van der Waals surface area (Å²) in [5.74, 6) is 0.524. The van der Waals surface area contributed by atoms with Gasteiger partial charge in [-0.25, -0.2) is 18.2 Å². The molecule has 8 heteroatoms. The molecule has 0 radical (unpaired) electrons. The molecule has 0 spiro atoms. The third-order valence-corrected chi connectivity index (χ3v) is 5.43. The van der Waals surface area contributed by atoms with Crippen LogP contribution in [0.2, 0.25) is 0 Å². The third-order valence-electron chi connectivity index (χ3n) is 3.90. The van der Waals surface area contributed by atoms with Crippen LogP contribution in [0.5, 0.6) is 0 Å². The zero-order valence-electron chi connectivity index (χ0n) is 13.7. The molecule has 2 aromatic heterocycles. The molecule has 0 atom stereocenters. The van der Waals surface area contributed by atoms with Crippen molar-refractivity contribution in [3.05, 3.63) is 69.9 Å². The van der Waals surface area contributed by atoms with Crippen LogP contribution in [-0.4, -0.2) is 18.6 Å². The lowest BCUT2D eigenvalue weighted by molar-refractivity contribution is 0.498. The molecule has 3 aromatic rings. The molecule has 25 heavy (non-hydrogen) atoms. The number of furan rings is 1. The summed E-state index contributed by atoms with van der Waals surface area (Å²) in [6.45, 7) is 3.64. The first-order chi connectivity index (χ1) is 11.9. The van der Waals surface area contributed by atoms with Gasteiger partial charge in [-0.2, -0.15) is 5.10 Å². The van der Waals surface area contributed by atoms with E-state index in [9.17, 15) is 13.2 Å². The number of H-pyrrole nitrogens is 1. The molecule has 1 aromatic carbocycles. The van der Waals surface area contributed by atoms with Gasteiger partial charge in [0.1, 0.15) is 5.76 Å². The van der Waals surface area contributed by atoms with Crippen LogP contribution < -0.4 is 10.3 Å². The quantitative estimate of drug-likeness (QED) is 0.726. The monoisotopic (exact) mass is 359 g/mol. The smallest absolute Gasteiger partial charge is 0.264 e. The lowest BCUT2D eigenvalue weighted by atomic mass is 10.0. The zero-order valence-corrected chi connectivity index (χ0v) is 14.6. The van der Waals surface area contributed by atoms with Gasteiger partial charge >= 0.3 is 0 Å². The van der Waals surface area contributed by atoms with Crippen LogP contribution in [0.25, 0.3) is 11.3 Å². The van der Waals surface area contributed by atoms with E-state index in [4.69, 9.17) is 4.42 Å². The highest BCUT2D eigenvalue weighted by molar-refractivity contribution is 7.89. The number of sulfonamides is 1. The molecule has 130 valence electrons. The number of hydrogen-bond donors (Lipinski definition) is 2. The number of aromatic nitrogens is 2. The molecule has 0 saturated carbocycles. The molecule has 0 unspecified atom stereocenters. The SMILES string of the molecule is Cc1cc(-c2ccc(=O)[nH]n2)cc(S(=O)(=O)NCc2ccco2)c1C. The fourth-order valence-electron chi connectivity index (χ4n) is 2.42. The maximum atomic E-state index is 12.7. The second-order valence-electron chi connectivity index (χ2n) is 5.63. The van der Waals surface area contributed by atoms with Crippen LogP contribution >= 0.6 is 0 Å². The van der Waals surface area contributed by atoms with Crippen molar-refractivity contribution in [1.29, 1.82) is 0 Å². The van der Waals surface area contributed by atoms with E-state index in [0.29, 0.717) is 22.6 Å². The topological polar surface area (TPSA) is 105 Å². The first-order valence-corrected chi connectivity index (χ1v) is 9.04. The Morgan fingerprint density at radius 1 is 1.20 bits per heavy atom. The Bertz CT molecular complexity index is 1030. The van der Waals surface area contributed by atoms with E-state index in [-0.39, 0.29) is 17.0 Å². The highest BCUT2D eigenvalue weighted by atomic mass is 32.2. The Morgan fingerprint density at radius 2 is 2.00 bits per heavy atom. The van der Waals surface area contributed by atoms with Crippen molar-refractivity contribution in [2.24, 2.45) is 0 Å². The molecule has 7 nitrogen and oxygen atoms in total. The molecule has 0 saturated heterocycles. The summed E-state index contributed by atoms with van der Waals surface area (Å²) in [5.41, 5.74) is 2.24. The predicted octanol–water partition coefficient (Wildman–Crippen LogP) is 2.13. The van der Waals surface area contributed by atoms with Gasteiger partial charge in [0.05, 0.1) is 23.4 Å². The normalized spacial score (nSPS) is 11.6. The number of aromatic amines is 1. The van der Waals surface area contributed by atoms with Crippen molar-refractivity contribution in [3.63, 3.8) is 0 Å². The van der Waals surface area contributed by atoms with Crippen molar-refractivity contribution in [1.82, 2.24) is 14.9 Å². The van der Waals surface area contributed by atoms with E-state index in [0.717, 1.165) is 5.56 Å². The number of rotatable bonds is 5. The first-order valence-electron chi connectivity index (χ1n) is 7.56. The zero-order chi connectivity index (χ0) is 18.0. The molecule has 2 N–H and O–H groups in total. The summed E-state index contributed by atoms with van der Waals surface area (Å²) >= 11 is 0. The van der Waals surface area contributed by atoms with E-state index >= 15 is 0 Å². The molecule has 0 aliphatic heterocycles. The number of benzene rings is 1. The molecule has 2 heterocycles. The number of nitrogens with one attached hydrogen (secondary N) is 2. The second kappa shape index (κ2) is 6.66. The van der Waals surface area contributed by atoms with Gasteiger partial charge in [-0.15, -0.1) is 0 Å². The number of hydrogen-bond acceptors (Lipinski definition) is 5. The minimum absolute atomic E-state index is 0.0644.